The number of benzene rings is 1. The SMILES string of the molecule is C=C(C)[C@@H]1CC[C@]2(COC(=O)/C=C/c3ccc(O)cc3)CC[C@]3(C(=O)O)[C@H](CC[C@@H]4[C@@]5(C)CC[C@H](O)C(C)(C)[C@@H]5CC[C@]43C)[C@@H]12. The predicted octanol–water partition coefficient (Wildman–Crippen LogP) is 8.03. The Morgan fingerprint density at radius 1 is 0.933 bits per heavy atom. The van der Waals surface area contributed by atoms with Crippen LogP contribution in [0, 0.1) is 56.7 Å². The molecule has 45 heavy (non-hydrogen) atoms. The summed E-state index contributed by atoms with van der Waals surface area (Å²) in [5, 5.41) is 32.0. The van der Waals surface area contributed by atoms with Crippen LogP contribution in [0.4, 0.5) is 0 Å². The standard InChI is InChI=1S/C39H54O6/c1-24(2)27-15-20-38(23-45-32(42)14-9-25-7-10-26(40)11-8-25)21-22-39(34(43)44)28(33(27)38)12-13-30-36(5)18-17-31(41)35(3,4)29(36)16-19-37(30,39)6/h7-11,14,27-31,33,40-41H,1,12-13,15-23H2,2-6H3,(H,43,44)/b14-9+/t27-,28+,29-,30+,31-,33+,36-,37+,38+,39+/m0/s1. The third-order valence-electron chi connectivity index (χ3n) is 14.8. The van der Waals surface area contributed by atoms with Crippen molar-refractivity contribution in [1.82, 2.24) is 0 Å². The number of fused-ring (bicyclic) bond motifs is 7. The van der Waals surface area contributed by atoms with E-state index in [1.807, 2.05) is 0 Å². The molecular weight excluding hydrogens is 564 g/mol. The van der Waals surface area contributed by atoms with Gasteiger partial charge in [-0.15, -0.1) is 0 Å². The van der Waals surface area contributed by atoms with E-state index in [2.05, 4.69) is 41.2 Å². The fourth-order valence-electron chi connectivity index (χ4n) is 12.7. The Balaban J connectivity index is 1.32. The van der Waals surface area contributed by atoms with Gasteiger partial charge in [0.25, 0.3) is 0 Å². The third kappa shape index (κ3) is 4.66. The zero-order chi connectivity index (χ0) is 32.6. The van der Waals surface area contributed by atoms with Crippen LogP contribution in [0.1, 0.15) is 104 Å². The number of aliphatic hydroxyl groups is 1. The number of esters is 1. The first kappa shape index (κ1) is 32.3. The number of carboxylic acid groups (broad SMARTS) is 1. The van der Waals surface area contributed by atoms with Gasteiger partial charge in [0.15, 0.2) is 0 Å². The zero-order valence-electron chi connectivity index (χ0n) is 28.0. The molecule has 5 fully saturated rings. The average molecular weight is 619 g/mol. The van der Waals surface area contributed by atoms with Crippen molar-refractivity contribution in [3.8, 4) is 5.75 Å². The van der Waals surface area contributed by atoms with E-state index in [1.54, 1.807) is 30.3 Å². The summed E-state index contributed by atoms with van der Waals surface area (Å²) in [6.07, 6.45) is 11.5. The molecule has 0 amide bonds. The lowest BCUT2D eigenvalue weighted by molar-refractivity contribution is -0.256. The number of hydrogen-bond donors (Lipinski definition) is 3. The predicted molar refractivity (Wildman–Crippen MR) is 175 cm³/mol. The van der Waals surface area contributed by atoms with Crippen molar-refractivity contribution >= 4 is 18.0 Å². The maximum Gasteiger partial charge on any atom is 0.330 e. The summed E-state index contributed by atoms with van der Waals surface area (Å²) in [5.41, 5.74) is 0.310. The summed E-state index contributed by atoms with van der Waals surface area (Å²) < 4.78 is 6.01. The van der Waals surface area contributed by atoms with E-state index in [4.69, 9.17) is 4.74 Å². The van der Waals surface area contributed by atoms with Crippen LogP contribution in [0.5, 0.6) is 5.75 Å². The molecule has 6 rings (SSSR count). The van der Waals surface area contributed by atoms with Gasteiger partial charge in [-0.05, 0) is 141 Å². The summed E-state index contributed by atoms with van der Waals surface area (Å²) in [4.78, 5) is 26.9. The van der Waals surface area contributed by atoms with E-state index in [-0.39, 0.29) is 51.3 Å². The van der Waals surface area contributed by atoms with Crippen molar-refractivity contribution in [1.29, 1.82) is 0 Å². The van der Waals surface area contributed by atoms with Crippen LogP contribution in [0.25, 0.3) is 6.08 Å². The number of aromatic hydroxyl groups is 1. The molecule has 0 spiro atoms. The molecule has 6 heteroatoms. The fourth-order valence-corrected chi connectivity index (χ4v) is 12.7. The van der Waals surface area contributed by atoms with E-state index in [1.165, 1.54) is 6.08 Å². The van der Waals surface area contributed by atoms with Gasteiger partial charge in [0, 0.05) is 11.5 Å². The highest BCUT2D eigenvalue weighted by Crippen LogP contribution is 2.77. The molecule has 0 heterocycles. The molecule has 1 aromatic carbocycles. The van der Waals surface area contributed by atoms with Crippen molar-refractivity contribution in [3.63, 3.8) is 0 Å². The van der Waals surface area contributed by atoms with Crippen LogP contribution < -0.4 is 0 Å². The summed E-state index contributed by atoms with van der Waals surface area (Å²) in [7, 11) is 0. The van der Waals surface area contributed by atoms with Gasteiger partial charge < -0.3 is 20.1 Å². The van der Waals surface area contributed by atoms with Gasteiger partial charge in [-0.25, -0.2) is 4.79 Å². The molecule has 246 valence electrons. The Kier molecular flexibility index (Phi) is 7.90. The molecule has 5 aliphatic carbocycles. The monoisotopic (exact) mass is 618 g/mol. The van der Waals surface area contributed by atoms with E-state index < -0.39 is 17.4 Å². The topological polar surface area (TPSA) is 104 Å². The first-order valence-corrected chi connectivity index (χ1v) is 17.3. The number of rotatable bonds is 6. The van der Waals surface area contributed by atoms with E-state index >= 15 is 0 Å². The highest BCUT2D eigenvalue weighted by atomic mass is 16.5. The number of phenols is 1. The Hall–Kier alpha value is -2.60. The molecule has 0 bridgehead atoms. The second-order valence-electron chi connectivity index (χ2n) is 16.8. The van der Waals surface area contributed by atoms with Crippen LogP contribution in [0.2, 0.25) is 0 Å². The van der Waals surface area contributed by atoms with Crippen LogP contribution >= 0.6 is 0 Å². The number of ether oxygens (including phenoxy) is 1. The van der Waals surface area contributed by atoms with Gasteiger partial charge in [-0.1, -0.05) is 52.0 Å². The Morgan fingerprint density at radius 3 is 2.31 bits per heavy atom. The van der Waals surface area contributed by atoms with Crippen LogP contribution in [0.3, 0.4) is 0 Å². The number of carbonyl (C=O) groups excluding carboxylic acids is 1. The molecule has 6 nitrogen and oxygen atoms in total. The Morgan fingerprint density at radius 2 is 1.64 bits per heavy atom. The lowest BCUT2D eigenvalue weighted by Crippen LogP contribution is -2.69. The van der Waals surface area contributed by atoms with Crippen molar-refractivity contribution in [3.05, 3.63) is 48.1 Å². The number of carbonyl (C=O) groups is 2. The van der Waals surface area contributed by atoms with Crippen molar-refractivity contribution in [2.75, 3.05) is 6.61 Å². The van der Waals surface area contributed by atoms with Gasteiger partial charge >= 0.3 is 11.9 Å². The van der Waals surface area contributed by atoms with Crippen molar-refractivity contribution in [2.24, 2.45) is 56.7 Å². The summed E-state index contributed by atoms with van der Waals surface area (Å²) in [5.74, 6) is 0.152. The van der Waals surface area contributed by atoms with E-state index in [0.29, 0.717) is 24.9 Å². The average Bonchev–Trinajstić information content (AvgIpc) is 3.38. The quantitative estimate of drug-likeness (QED) is 0.169. The molecule has 5 aliphatic rings. The number of hydrogen-bond acceptors (Lipinski definition) is 5. The van der Waals surface area contributed by atoms with Crippen LogP contribution in [0.15, 0.2) is 42.5 Å². The molecule has 3 N–H and O–H groups in total. The van der Waals surface area contributed by atoms with Crippen molar-refractivity contribution < 1.29 is 29.6 Å². The minimum absolute atomic E-state index is 0.000476. The number of allylic oxidation sites excluding steroid dienone is 1. The third-order valence-corrected chi connectivity index (χ3v) is 14.8. The van der Waals surface area contributed by atoms with E-state index in [0.717, 1.165) is 68.9 Å². The minimum Gasteiger partial charge on any atom is -0.508 e. The maximum atomic E-state index is 13.9. The number of phenolic OH excluding ortho intramolecular Hbond substituents is 1. The summed E-state index contributed by atoms with van der Waals surface area (Å²) >= 11 is 0. The normalized spacial score (nSPS) is 43.4. The van der Waals surface area contributed by atoms with Gasteiger partial charge in [0.05, 0.1) is 18.1 Å². The lowest BCUT2D eigenvalue weighted by Gasteiger charge is -2.72. The van der Waals surface area contributed by atoms with Gasteiger partial charge in [0.2, 0.25) is 0 Å². The fraction of sp³-hybridized carbons (Fsp3) is 0.692. The lowest BCUT2D eigenvalue weighted by atomic mass is 9.32. The molecule has 0 aromatic heterocycles. The molecule has 10 atom stereocenters. The Labute approximate surface area is 269 Å². The minimum atomic E-state index is -0.834. The second kappa shape index (κ2) is 11.0. The van der Waals surface area contributed by atoms with E-state index in [9.17, 15) is 24.9 Å². The van der Waals surface area contributed by atoms with Crippen molar-refractivity contribution in [2.45, 2.75) is 105 Å². The Bertz CT molecular complexity index is 1380. The number of aliphatic carboxylic acids is 1. The largest absolute Gasteiger partial charge is 0.508 e. The van der Waals surface area contributed by atoms with Gasteiger partial charge in [0.1, 0.15) is 5.75 Å². The zero-order valence-corrected chi connectivity index (χ0v) is 28.0. The second-order valence-corrected chi connectivity index (χ2v) is 16.8. The molecule has 1 aromatic rings. The molecule has 0 radical (unpaired) electrons. The highest BCUT2D eigenvalue weighted by molar-refractivity contribution is 5.87. The molecular formula is C39H54O6. The van der Waals surface area contributed by atoms with Gasteiger partial charge in [-0.2, -0.15) is 0 Å². The maximum absolute atomic E-state index is 13.9. The number of carboxylic acids is 1. The first-order valence-electron chi connectivity index (χ1n) is 17.3. The smallest absolute Gasteiger partial charge is 0.330 e. The first-order chi connectivity index (χ1) is 21.1. The molecule has 0 aliphatic heterocycles. The van der Waals surface area contributed by atoms with Gasteiger partial charge in [-0.3, -0.25) is 4.79 Å². The van der Waals surface area contributed by atoms with Crippen LogP contribution in [-0.4, -0.2) is 40.0 Å². The molecule has 5 saturated carbocycles. The molecule has 0 saturated heterocycles. The highest BCUT2D eigenvalue weighted by Gasteiger charge is 2.74. The van der Waals surface area contributed by atoms with Crippen LogP contribution in [-0.2, 0) is 14.3 Å². The number of aliphatic hydroxyl groups excluding tert-OH is 1. The summed E-state index contributed by atoms with van der Waals surface area (Å²) in [6.45, 7) is 16.0. The summed E-state index contributed by atoms with van der Waals surface area (Å²) in [6, 6.07) is 6.66. The molecule has 0 unspecified atom stereocenters.